The highest BCUT2D eigenvalue weighted by atomic mass is 16.5. The maximum atomic E-state index is 10.4. The maximum Gasteiger partial charge on any atom is 0.161 e. The summed E-state index contributed by atoms with van der Waals surface area (Å²) in [5.74, 6) is 2.56. The van der Waals surface area contributed by atoms with Gasteiger partial charge in [0.15, 0.2) is 23.0 Å². The molecule has 0 saturated carbocycles. The van der Waals surface area contributed by atoms with Crippen LogP contribution in [0.2, 0.25) is 0 Å². The summed E-state index contributed by atoms with van der Waals surface area (Å²) < 4.78 is 38.8. The summed E-state index contributed by atoms with van der Waals surface area (Å²) in [5.41, 5.74) is 4.79. The van der Waals surface area contributed by atoms with Gasteiger partial charge in [0.25, 0.3) is 0 Å². The molecule has 0 bridgehead atoms. The highest BCUT2D eigenvalue weighted by Crippen LogP contribution is 2.47. The zero-order valence-corrected chi connectivity index (χ0v) is 20.4. The number of nitrogens with zero attached hydrogens (tertiary/aromatic N) is 1. The van der Waals surface area contributed by atoms with Crippen LogP contribution in [0.25, 0.3) is 0 Å². The van der Waals surface area contributed by atoms with E-state index in [4.69, 9.17) is 18.3 Å². The van der Waals surface area contributed by atoms with Crippen molar-refractivity contribution in [1.29, 1.82) is 0 Å². The lowest BCUT2D eigenvalue weighted by Crippen LogP contribution is -2.46. The number of nitrogens with one attached hydrogen (secondary N) is 1. The Labute approximate surface area is 207 Å². The third-order valence-corrected chi connectivity index (χ3v) is 8.33. The van der Waals surface area contributed by atoms with E-state index in [0.717, 1.165) is 74.4 Å². The SMILES string of the molecule is [2H]C([2H])([2H])Oc1cc2c(cc1O)CCN[C@@H]2C[C@H]1C[C@H]2c3cc(OC)c(OC)cc3CCN2C[C@@H]1CC. The van der Waals surface area contributed by atoms with Crippen LogP contribution < -0.4 is 19.5 Å². The van der Waals surface area contributed by atoms with Gasteiger partial charge in [-0.3, -0.25) is 4.90 Å². The number of rotatable bonds is 6. The Morgan fingerprint density at radius 2 is 1.76 bits per heavy atom. The number of hydrogen-bond acceptors (Lipinski definition) is 6. The summed E-state index contributed by atoms with van der Waals surface area (Å²) >= 11 is 0. The zero-order valence-electron chi connectivity index (χ0n) is 23.4. The van der Waals surface area contributed by atoms with Gasteiger partial charge in [-0.1, -0.05) is 13.3 Å². The summed E-state index contributed by atoms with van der Waals surface area (Å²) in [5, 5.41) is 14.1. The van der Waals surface area contributed by atoms with Crippen LogP contribution in [0.5, 0.6) is 23.0 Å². The molecule has 3 aliphatic rings. The van der Waals surface area contributed by atoms with E-state index in [1.54, 1.807) is 26.4 Å². The molecule has 3 aliphatic heterocycles. The molecule has 6 heteroatoms. The molecule has 0 radical (unpaired) electrons. The lowest BCUT2D eigenvalue weighted by Gasteiger charge is -2.48. The number of ether oxygens (including phenoxy) is 3. The summed E-state index contributed by atoms with van der Waals surface area (Å²) in [6, 6.07) is 8.16. The Bertz CT molecular complexity index is 1140. The lowest BCUT2D eigenvalue weighted by molar-refractivity contribution is 0.0434. The monoisotopic (exact) mass is 469 g/mol. The van der Waals surface area contributed by atoms with Crippen molar-refractivity contribution in [2.45, 2.75) is 51.1 Å². The van der Waals surface area contributed by atoms with Crippen LogP contribution in [0, 0.1) is 11.8 Å². The van der Waals surface area contributed by atoms with E-state index in [9.17, 15) is 5.11 Å². The van der Waals surface area contributed by atoms with Gasteiger partial charge < -0.3 is 24.6 Å². The number of piperidine rings is 1. The van der Waals surface area contributed by atoms with Gasteiger partial charge in [0.2, 0.25) is 0 Å². The Kier molecular flexibility index (Phi) is 5.64. The number of phenols is 1. The molecule has 0 aliphatic carbocycles. The molecule has 2 N–H and O–H groups in total. The first-order valence-corrected chi connectivity index (χ1v) is 12.5. The van der Waals surface area contributed by atoms with Gasteiger partial charge in [-0.05, 0) is 90.6 Å². The van der Waals surface area contributed by atoms with Crippen molar-refractivity contribution >= 4 is 0 Å². The Morgan fingerprint density at radius 1 is 1.00 bits per heavy atom. The fourth-order valence-electron chi connectivity index (χ4n) is 6.51. The number of benzene rings is 2. The van der Waals surface area contributed by atoms with Crippen molar-refractivity contribution in [2.24, 2.45) is 11.8 Å². The van der Waals surface area contributed by atoms with Gasteiger partial charge in [0.05, 0.1) is 25.4 Å². The van der Waals surface area contributed by atoms with E-state index >= 15 is 0 Å². The molecule has 34 heavy (non-hydrogen) atoms. The van der Waals surface area contributed by atoms with Gasteiger partial charge >= 0.3 is 0 Å². The highest BCUT2D eigenvalue weighted by Gasteiger charge is 2.40. The van der Waals surface area contributed by atoms with Gasteiger partial charge in [-0.15, -0.1) is 0 Å². The molecule has 6 nitrogen and oxygen atoms in total. The first-order valence-electron chi connectivity index (χ1n) is 14.0. The molecule has 184 valence electrons. The number of methoxy groups -OCH3 is 3. The fourth-order valence-corrected chi connectivity index (χ4v) is 6.51. The van der Waals surface area contributed by atoms with Crippen molar-refractivity contribution < 1.29 is 23.4 Å². The number of aromatic hydroxyl groups is 1. The van der Waals surface area contributed by atoms with Crippen LogP contribution in [-0.2, 0) is 12.8 Å². The normalized spacial score (nSPS) is 27.9. The summed E-state index contributed by atoms with van der Waals surface area (Å²) in [4.78, 5) is 2.64. The minimum atomic E-state index is -2.61. The molecule has 3 heterocycles. The first-order chi connectivity index (χ1) is 17.7. The molecule has 2 aromatic carbocycles. The summed E-state index contributed by atoms with van der Waals surface area (Å²) in [7, 11) is 0.766. The summed E-state index contributed by atoms with van der Waals surface area (Å²) in [6.45, 7) is 5.24. The topological polar surface area (TPSA) is 63.2 Å². The van der Waals surface area contributed by atoms with Crippen LogP contribution in [0.3, 0.4) is 0 Å². The van der Waals surface area contributed by atoms with E-state index in [-0.39, 0.29) is 17.5 Å². The molecule has 1 saturated heterocycles. The predicted molar refractivity (Wildman–Crippen MR) is 133 cm³/mol. The Balaban J connectivity index is 1.42. The molecule has 1 fully saturated rings. The van der Waals surface area contributed by atoms with Crippen molar-refractivity contribution in [2.75, 3.05) is 40.9 Å². The number of fused-ring (bicyclic) bond motifs is 4. The molecule has 0 unspecified atom stereocenters. The Hall–Kier alpha value is -2.44. The van der Waals surface area contributed by atoms with Crippen molar-refractivity contribution in [3.05, 3.63) is 46.5 Å². The second-order valence-electron chi connectivity index (χ2n) is 9.94. The van der Waals surface area contributed by atoms with Crippen molar-refractivity contribution in [1.82, 2.24) is 10.2 Å². The average molecular weight is 470 g/mol. The van der Waals surface area contributed by atoms with Gasteiger partial charge in [-0.2, -0.15) is 0 Å². The van der Waals surface area contributed by atoms with Crippen LogP contribution in [0.1, 0.15) is 64.6 Å². The van der Waals surface area contributed by atoms with Gasteiger partial charge in [0, 0.05) is 25.2 Å². The van der Waals surface area contributed by atoms with Crippen LogP contribution in [0.15, 0.2) is 24.3 Å². The number of hydrogen-bond donors (Lipinski definition) is 2. The quantitative estimate of drug-likeness (QED) is 0.643. The van der Waals surface area contributed by atoms with Gasteiger partial charge in [-0.25, -0.2) is 0 Å². The van der Waals surface area contributed by atoms with Gasteiger partial charge in [0.1, 0.15) is 0 Å². The second kappa shape index (κ2) is 9.67. The largest absolute Gasteiger partial charge is 0.504 e. The molecule has 4 atom stereocenters. The minimum absolute atomic E-state index is 0.0246. The van der Waals surface area contributed by atoms with Crippen LogP contribution in [0.4, 0.5) is 0 Å². The standard InChI is InChI=1S/C28H38N2O4/c1-5-17-16-30-9-7-19-13-27(33-3)28(34-4)15-22(19)24(30)11-20(17)10-23-21-14-26(32-2)25(31)12-18(21)6-8-29-23/h12-15,17,20,23-24,29,31H,5-11,16H2,1-4H3/t17-,20-,23+,24-/m0/s1/i2D3. The molecule has 5 rings (SSSR count). The third kappa shape index (κ3) is 4.11. The smallest absolute Gasteiger partial charge is 0.161 e. The van der Waals surface area contributed by atoms with Crippen LogP contribution in [-0.4, -0.2) is 50.9 Å². The van der Waals surface area contributed by atoms with E-state index in [0.29, 0.717) is 17.9 Å². The number of phenolic OH excluding ortho intramolecular Hbond substituents is 1. The van der Waals surface area contributed by atoms with E-state index in [1.165, 1.54) is 11.1 Å². The highest BCUT2D eigenvalue weighted by molar-refractivity contribution is 5.50. The van der Waals surface area contributed by atoms with Crippen molar-refractivity contribution in [3.8, 4) is 23.0 Å². The summed E-state index contributed by atoms with van der Waals surface area (Å²) in [6.07, 6.45) is 4.94. The molecule has 0 spiro atoms. The third-order valence-electron chi connectivity index (χ3n) is 8.33. The molecule has 2 aromatic rings. The van der Waals surface area contributed by atoms with E-state index < -0.39 is 7.04 Å². The lowest BCUT2D eigenvalue weighted by atomic mass is 9.72. The molecule has 0 aromatic heterocycles. The minimum Gasteiger partial charge on any atom is -0.504 e. The average Bonchev–Trinajstić information content (AvgIpc) is 2.87. The predicted octanol–water partition coefficient (Wildman–Crippen LogP) is 4.64. The molecular weight excluding hydrogens is 428 g/mol. The second-order valence-corrected chi connectivity index (χ2v) is 9.94. The molecule has 0 amide bonds. The fraction of sp³-hybridized carbons (Fsp3) is 0.571. The first kappa shape index (κ1) is 19.8. The Morgan fingerprint density at radius 3 is 2.53 bits per heavy atom. The molecular formula is C28H38N2O4. The maximum absolute atomic E-state index is 10.4. The zero-order chi connectivity index (χ0) is 26.3. The van der Waals surface area contributed by atoms with Crippen molar-refractivity contribution in [3.63, 3.8) is 0 Å². The van der Waals surface area contributed by atoms with Crippen LogP contribution >= 0.6 is 0 Å². The van der Waals surface area contributed by atoms with E-state index in [1.807, 2.05) is 0 Å². The van der Waals surface area contributed by atoms with E-state index in [2.05, 4.69) is 29.3 Å².